The van der Waals surface area contributed by atoms with Gasteiger partial charge in [0.05, 0.1) is 11.0 Å². The summed E-state index contributed by atoms with van der Waals surface area (Å²) in [6, 6.07) is 15.1. The quantitative estimate of drug-likeness (QED) is 0.496. The molecule has 0 fully saturated rings. The van der Waals surface area contributed by atoms with E-state index in [1.165, 1.54) is 4.40 Å². The Bertz CT molecular complexity index is 1400. The highest BCUT2D eigenvalue weighted by Crippen LogP contribution is 2.27. The molecule has 29 heavy (non-hydrogen) atoms. The Morgan fingerprint density at radius 2 is 1.72 bits per heavy atom. The number of carbonyl (C=O) groups excluding carboxylic acids is 1. The van der Waals surface area contributed by atoms with Gasteiger partial charge in [0, 0.05) is 18.8 Å². The van der Waals surface area contributed by atoms with Gasteiger partial charge in [-0.05, 0) is 37.1 Å². The van der Waals surface area contributed by atoms with Gasteiger partial charge in [-0.1, -0.05) is 30.3 Å². The number of aromatic nitrogens is 4. The monoisotopic (exact) mass is 389 g/mol. The average Bonchev–Trinajstić information content (AvgIpc) is 3.30. The van der Waals surface area contributed by atoms with Crippen LogP contribution in [0, 0.1) is 0 Å². The van der Waals surface area contributed by atoms with E-state index in [1.54, 1.807) is 11.0 Å². The minimum Gasteiger partial charge on any atom is -0.310 e. The Morgan fingerprint density at radius 1 is 1.00 bits per heavy atom. The molecule has 0 spiro atoms. The zero-order chi connectivity index (χ0) is 20.1. The standard InChI is InChI=1S/C21H19N5O3/c1-2-23-16-9-5-6-10-17(16)26-20(29)19(28)25(22-21(23)26)13-18(27)24-12-11-14-7-3-4-8-15(14)24/h3-10H,2,11-13H2,1H3. The van der Waals surface area contributed by atoms with Gasteiger partial charge in [0.1, 0.15) is 6.54 Å². The van der Waals surface area contributed by atoms with Crippen molar-refractivity contribution in [2.45, 2.75) is 26.4 Å². The average molecular weight is 389 g/mol. The van der Waals surface area contributed by atoms with Gasteiger partial charge in [0.2, 0.25) is 11.7 Å². The van der Waals surface area contributed by atoms with Crippen LogP contribution in [0.25, 0.3) is 16.8 Å². The number of fused-ring (bicyclic) bond motifs is 4. The number of rotatable bonds is 3. The number of nitrogens with zero attached hydrogens (tertiary/aromatic N) is 5. The first-order chi connectivity index (χ1) is 14.1. The molecule has 8 heteroatoms. The maximum absolute atomic E-state index is 12.9. The van der Waals surface area contributed by atoms with E-state index in [4.69, 9.17) is 0 Å². The van der Waals surface area contributed by atoms with Crippen LogP contribution in [0.15, 0.2) is 58.1 Å². The molecule has 4 aromatic rings. The third kappa shape index (κ3) is 2.52. The van der Waals surface area contributed by atoms with E-state index in [2.05, 4.69) is 5.10 Å². The van der Waals surface area contributed by atoms with Crippen molar-refractivity contribution in [2.24, 2.45) is 0 Å². The van der Waals surface area contributed by atoms with E-state index in [9.17, 15) is 14.4 Å². The second-order valence-corrected chi connectivity index (χ2v) is 7.06. The molecule has 0 saturated heterocycles. The topological polar surface area (TPSA) is 81.6 Å². The van der Waals surface area contributed by atoms with Gasteiger partial charge >= 0.3 is 11.1 Å². The number of hydrogen-bond donors (Lipinski definition) is 0. The Kier molecular flexibility index (Phi) is 3.87. The lowest BCUT2D eigenvalue weighted by Gasteiger charge is -2.17. The zero-order valence-electron chi connectivity index (χ0n) is 15.9. The lowest BCUT2D eigenvalue weighted by molar-refractivity contribution is -0.119. The molecule has 0 bridgehead atoms. The van der Waals surface area contributed by atoms with Crippen molar-refractivity contribution in [3.63, 3.8) is 0 Å². The molecule has 146 valence electrons. The Morgan fingerprint density at radius 3 is 2.52 bits per heavy atom. The number of imidazole rings is 1. The summed E-state index contributed by atoms with van der Waals surface area (Å²) in [5.74, 6) is 0.0976. The third-order valence-corrected chi connectivity index (χ3v) is 5.47. The van der Waals surface area contributed by atoms with Crippen LogP contribution in [0.3, 0.4) is 0 Å². The number of para-hydroxylation sites is 3. The zero-order valence-corrected chi connectivity index (χ0v) is 15.9. The molecular formula is C21H19N5O3. The molecule has 0 radical (unpaired) electrons. The van der Waals surface area contributed by atoms with Crippen molar-refractivity contribution in [1.29, 1.82) is 0 Å². The minimum atomic E-state index is -0.803. The Balaban J connectivity index is 1.62. The van der Waals surface area contributed by atoms with Crippen LogP contribution < -0.4 is 16.0 Å². The predicted molar refractivity (Wildman–Crippen MR) is 109 cm³/mol. The molecule has 3 heterocycles. The smallest absolute Gasteiger partial charge is 0.310 e. The van der Waals surface area contributed by atoms with E-state index in [0.717, 1.165) is 27.9 Å². The molecule has 0 saturated carbocycles. The normalized spacial score (nSPS) is 13.3. The summed E-state index contributed by atoms with van der Waals surface area (Å²) in [6.45, 7) is 2.81. The van der Waals surface area contributed by atoms with Gasteiger partial charge in [-0.2, -0.15) is 0 Å². The predicted octanol–water partition coefficient (Wildman–Crippen LogP) is 1.42. The van der Waals surface area contributed by atoms with Crippen LogP contribution in [-0.4, -0.2) is 31.2 Å². The van der Waals surface area contributed by atoms with E-state index in [-0.39, 0.29) is 12.5 Å². The van der Waals surface area contributed by atoms with Crippen LogP contribution in [0.4, 0.5) is 5.69 Å². The Hall–Kier alpha value is -3.68. The van der Waals surface area contributed by atoms with Gasteiger partial charge in [-0.3, -0.25) is 14.4 Å². The summed E-state index contributed by atoms with van der Waals surface area (Å²) in [7, 11) is 0. The molecule has 2 aromatic heterocycles. The van der Waals surface area contributed by atoms with E-state index in [1.807, 2.05) is 54.0 Å². The van der Waals surface area contributed by atoms with Gasteiger partial charge in [-0.25, -0.2) is 9.08 Å². The van der Waals surface area contributed by atoms with Gasteiger partial charge in [-0.15, -0.1) is 5.10 Å². The largest absolute Gasteiger partial charge is 0.333 e. The maximum Gasteiger partial charge on any atom is 0.333 e. The highest BCUT2D eigenvalue weighted by molar-refractivity contribution is 5.95. The summed E-state index contributed by atoms with van der Waals surface area (Å²) in [5, 5.41) is 4.39. The number of anilines is 1. The second kappa shape index (κ2) is 6.44. The molecule has 1 aliphatic rings. The summed E-state index contributed by atoms with van der Waals surface area (Å²) in [5.41, 5.74) is 1.90. The number of hydrogen-bond acceptors (Lipinski definition) is 4. The van der Waals surface area contributed by atoms with Crippen molar-refractivity contribution >= 4 is 28.4 Å². The minimum absolute atomic E-state index is 0.257. The number of carbonyl (C=O) groups is 1. The molecule has 0 aliphatic carbocycles. The first kappa shape index (κ1) is 17.4. The van der Waals surface area contributed by atoms with Crippen molar-refractivity contribution in [1.82, 2.24) is 18.7 Å². The molecule has 5 rings (SSSR count). The van der Waals surface area contributed by atoms with Crippen LogP contribution in [0.1, 0.15) is 12.5 Å². The molecule has 0 N–H and O–H groups in total. The van der Waals surface area contributed by atoms with Crippen molar-refractivity contribution < 1.29 is 4.79 Å². The first-order valence-corrected chi connectivity index (χ1v) is 9.59. The van der Waals surface area contributed by atoms with Crippen molar-refractivity contribution in [3.05, 3.63) is 74.8 Å². The molecule has 2 aromatic carbocycles. The van der Waals surface area contributed by atoms with E-state index in [0.29, 0.717) is 24.4 Å². The van der Waals surface area contributed by atoms with Gasteiger partial charge in [0.25, 0.3) is 0 Å². The van der Waals surface area contributed by atoms with Crippen molar-refractivity contribution in [2.75, 3.05) is 11.4 Å². The second-order valence-electron chi connectivity index (χ2n) is 7.06. The summed E-state index contributed by atoms with van der Waals surface area (Å²) in [6.07, 6.45) is 0.774. The van der Waals surface area contributed by atoms with Gasteiger partial charge < -0.3 is 9.47 Å². The van der Waals surface area contributed by atoms with Gasteiger partial charge in [0.15, 0.2) is 0 Å². The highest BCUT2D eigenvalue weighted by atomic mass is 16.2. The van der Waals surface area contributed by atoms with Crippen LogP contribution in [0.2, 0.25) is 0 Å². The fourth-order valence-electron chi connectivity index (χ4n) is 4.11. The SMILES string of the molecule is CCn1c2ccccc2n2c(=O)c(=O)n(CC(=O)N3CCc4ccccc43)nc12. The lowest BCUT2D eigenvalue weighted by atomic mass is 10.2. The molecule has 1 aliphatic heterocycles. The van der Waals surface area contributed by atoms with Crippen LogP contribution >= 0.6 is 0 Å². The Labute approximate surface area is 165 Å². The van der Waals surface area contributed by atoms with E-state index < -0.39 is 11.1 Å². The van der Waals surface area contributed by atoms with Crippen LogP contribution in [-0.2, 0) is 24.3 Å². The van der Waals surface area contributed by atoms with E-state index >= 15 is 0 Å². The molecule has 0 atom stereocenters. The number of aryl methyl sites for hydroxylation is 1. The lowest BCUT2D eigenvalue weighted by Crippen LogP contribution is -2.44. The fourth-order valence-corrected chi connectivity index (χ4v) is 4.11. The van der Waals surface area contributed by atoms with Crippen molar-refractivity contribution in [3.8, 4) is 0 Å². The number of amides is 1. The van der Waals surface area contributed by atoms with Crippen LogP contribution in [0.5, 0.6) is 0 Å². The summed E-state index contributed by atoms with van der Waals surface area (Å²) in [4.78, 5) is 40.1. The summed E-state index contributed by atoms with van der Waals surface area (Å²) < 4.78 is 4.18. The first-order valence-electron chi connectivity index (χ1n) is 9.59. The summed E-state index contributed by atoms with van der Waals surface area (Å²) >= 11 is 0. The number of benzene rings is 2. The molecule has 1 amide bonds. The highest BCUT2D eigenvalue weighted by Gasteiger charge is 2.25. The molecular weight excluding hydrogens is 370 g/mol. The fraction of sp³-hybridized carbons (Fsp3) is 0.238. The molecule has 0 unspecified atom stereocenters. The third-order valence-electron chi connectivity index (χ3n) is 5.47. The molecule has 8 nitrogen and oxygen atoms in total. The maximum atomic E-state index is 12.9.